The van der Waals surface area contributed by atoms with E-state index in [-0.39, 0.29) is 17.8 Å². The summed E-state index contributed by atoms with van der Waals surface area (Å²) in [5.41, 5.74) is 5.43. The molecular weight excluding hydrogens is 440 g/mol. The van der Waals surface area contributed by atoms with Gasteiger partial charge in [0, 0.05) is 17.8 Å². The minimum absolute atomic E-state index is 0.0720. The van der Waals surface area contributed by atoms with E-state index in [4.69, 9.17) is 4.98 Å². The van der Waals surface area contributed by atoms with Crippen molar-refractivity contribution in [2.24, 2.45) is 10.4 Å². The first-order valence-electron chi connectivity index (χ1n) is 12.0. The standard InChI is InChI=1S/C27H36N6O2/c1-7-9-25(30-19(4)32-33(35)22-14-15-22)27(5,6)26(34)29-18(3)10-11-20(8-2)23-16-28-17-24(31-23)21-12-13-21/h7-11,16-17,21-22,32,35H,3-4,12-15H2,1-2,5-6H3,(H,29,34)/b9-7-,11-10-,20-8+,30-25+. The van der Waals surface area contributed by atoms with Crippen LogP contribution in [0.25, 0.3) is 5.57 Å². The molecule has 0 aliphatic heterocycles. The molecule has 2 saturated carbocycles. The van der Waals surface area contributed by atoms with Crippen molar-refractivity contribution in [3.05, 3.63) is 78.8 Å². The fraction of sp³-hybridized carbons (Fsp3) is 0.407. The number of aliphatic imine (C=N–C) groups is 1. The van der Waals surface area contributed by atoms with E-state index >= 15 is 0 Å². The maximum atomic E-state index is 13.2. The van der Waals surface area contributed by atoms with Crippen LogP contribution in [0.5, 0.6) is 0 Å². The summed E-state index contributed by atoms with van der Waals surface area (Å²) < 4.78 is 0. The molecule has 2 aliphatic carbocycles. The molecule has 1 aromatic rings. The Morgan fingerprint density at radius 3 is 2.49 bits per heavy atom. The minimum Gasteiger partial charge on any atom is -0.326 e. The van der Waals surface area contributed by atoms with Crippen LogP contribution in [0.3, 0.4) is 0 Å². The second-order valence-electron chi connectivity index (χ2n) is 9.42. The van der Waals surface area contributed by atoms with Gasteiger partial charge < -0.3 is 5.32 Å². The van der Waals surface area contributed by atoms with Gasteiger partial charge in [-0.15, -0.1) is 5.17 Å². The number of hydrogen-bond acceptors (Lipinski definition) is 7. The Kier molecular flexibility index (Phi) is 8.53. The predicted octanol–water partition coefficient (Wildman–Crippen LogP) is 4.82. The number of hydrazine groups is 1. The number of rotatable bonds is 12. The average Bonchev–Trinajstić information content (AvgIpc) is 3.72. The largest absolute Gasteiger partial charge is 0.326 e. The first kappa shape index (κ1) is 26.2. The zero-order chi connectivity index (χ0) is 25.6. The highest BCUT2D eigenvalue weighted by molar-refractivity contribution is 6.13. The normalized spacial score (nSPS) is 17.3. The SMILES string of the molecule is C=C(/C=C\C(=C/C)c1cncc(C2CC2)n1)NC(=O)C(C)(C)C(/C=C\C)=N/C(=C)NN(O)C1CC1. The molecule has 35 heavy (non-hydrogen) atoms. The van der Waals surface area contributed by atoms with Gasteiger partial charge in [0.25, 0.3) is 0 Å². The van der Waals surface area contributed by atoms with Gasteiger partial charge in [-0.2, -0.15) is 0 Å². The maximum Gasteiger partial charge on any atom is 0.236 e. The lowest BCUT2D eigenvalue weighted by Gasteiger charge is -2.25. The van der Waals surface area contributed by atoms with E-state index in [1.165, 1.54) is 12.8 Å². The highest BCUT2D eigenvalue weighted by atomic mass is 16.5. The van der Waals surface area contributed by atoms with Crippen molar-refractivity contribution in [2.45, 2.75) is 65.3 Å². The van der Waals surface area contributed by atoms with Crippen molar-refractivity contribution in [3.63, 3.8) is 0 Å². The van der Waals surface area contributed by atoms with E-state index in [0.717, 1.165) is 35.0 Å². The van der Waals surface area contributed by atoms with Gasteiger partial charge in [0.1, 0.15) is 5.82 Å². The van der Waals surface area contributed by atoms with Crippen LogP contribution in [0.2, 0.25) is 0 Å². The number of carbonyl (C=O) groups excluding carboxylic acids is 1. The molecule has 0 bridgehead atoms. The molecule has 2 fully saturated rings. The second kappa shape index (κ2) is 11.4. The van der Waals surface area contributed by atoms with Gasteiger partial charge in [0.2, 0.25) is 5.91 Å². The van der Waals surface area contributed by atoms with Crippen molar-refractivity contribution in [3.8, 4) is 0 Å². The van der Waals surface area contributed by atoms with Crippen LogP contribution < -0.4 is 10.7 Å². The molecule has 1 heterocycles. The van der Waals surface area contributed by atoms with Gasteiger partial charge >= 0.3 is 0 Å². The van der Waals surface area contributed by atoms with Crippen LogP contribution in [0.1, 0.15) is 70.7 Å². The summed E-state index contributed by atoms with van der Waals surface area (Å²) in [6.07, 6.45) is 16.9. The van der Waals surface area contributed by atoms with Gasteiger partial charge in [-0.1, -0.05) is 31.4 Å². The molecule has 1 aromatic heterocycles. The van der Waals surface area contributed by atoms with Gasteiger partial charge in [-0.05, 0) is 71.1 Å². The van der Waals surface area contributed by atoms with Crippen LogP contribution in [-0.2, 0) is 4.79 Å². The first-order chi connectivity index (χ1) is 16.6. The minimum atomic E-state index is -0.985. The summed E-state index contributed by atoms with van der Waals surface area (Å²) >= 11 is 0. The maximum absolute atomic E-state index is 13.2. The zero-order valence-electron chi connectivity index (χ0n) is 21.1. The van der Waals surface area contributed by atoms with Gasteiger partial charge in [0.05, 0.1) is 34.8 Å². The predicted molar refractivity (Wildman–Crippen MR) is 139 cm³/mol. The highest BCUT2D eigenvalue weighted by Gasteiger charge is 2.33. The van der Waals surface area contributed by atoms with E-state index in [2.05, 4.69) is 33.9 Å². The molecule has 3 rings (SSSR count). The number of hydrogen-bond donors (Lipinski definition) is 3. The lowest BCUT2D eigenvalue weighted by atomic mass is 9.85. The van der Waals surface area contributed by atoms with E-state index in [1.807, 2.05) is 38.3 Å². The van der Waals surface area contributed by atoms with Crippen LogP contribution >= 0.6 is 0 Å². The Balaban J connectivity index is 1.65. The molecule has 0 saturated heterocycles. The molecule has 186 valence electrons. The summed E-state index contributed by atoms with van der Waals surface area (Å²) in [6, 6.07) is 0.0720. The summed E-state index contributed by atoms with van der Waals surface area (Å²) in [6.45, 7) is 15.2. The van der Waals surface area contributed by atoms with Crippen molar-refractivity contribution >= 4 is 17.2 Å². The van der Waals surface area contributed by atoms with E-state index in [0.29, 0.717) is 17.3 Å². The molecule has 2 aliphatic rings. The quantitative estimate of drug-likeness (QED) is 0.227. The highest BCUT2D eigenvalue weighted by Crippen LogP contribution is 2.38. The molecule has 0 spiro atoms. The number of allylic oxidation sites excluding steroid dienone is 6. The molecule has 0 unspecified atom stereocenters. The lowest BCUT2D eigenvalue weighted by Crippen LogP contribution is -2.42. The van der Waals surface area contributed by atoms with Crippen molar-refractivity contribution in [1.29, 1.82) is 0 Å². The van der Waals surface area contributed by atoms with Crippen LogP contribution in [-0.4, -0.2) is 38.0 Å². The fourth-order valence-electron chi connectivity index (χ4n) is 3.33. The monoisotopic (exact) mass is 476 g/mol. The molecule has 3 N–H and O–H groups in total. The number of amides is 1. The number of aromatic nitrogens is 2. The lowest BCUT2D eigenvalue weighted by molar-refractivity contribution is -0.136. The van der Waals surface area contributed by atoms with E-state index in [1.54, 1.807) is 32.2 Å². The third kappa shape index (κ3) is 7.31. The molecule has 8 heteroatoms. The Morgan fingerprint density at radius 2 is 1.89 bits per heavy atom. The zero-order valence-corrected chi connectivity index (χ0v) is 21.1. The Bertz CT molecular complexity index is 1090. The number of nitrogens with one attached hydrogen (secondary N) is 2. The Morgan fingerprint density at radius 1 is 1.17 bits per heavy atom. The van der Waals surface area contributed by atoms with E-state index < -0.39 is 5.41 Å². The van der Waals surface area contributed by atoms with E-state index in [9.17, 15) is 10.0 Å². The third-order valence-electron chi connectivity index (χ3n) is 5.92. The molecule has 8 nitrogen and oxygen atoms in total. The molecular formula is C27H36N6O2. The van der Waals surface area contributed by atoms with Gasteiger partial charge in [0.15, 0.2) is 0 Å². The summed E-state index contributed by atoms with van der Waals surface area (Å²) in [4.78, 5) is 26.7. The second-order valence-corrected chi connectivity index (χ2v) is 9.42. The Hall–Kier alpha value is -3.36. The number of nitrogens with zero attached hydrogens (tertiary/aromatic N) is 4. The first-order valence-corrected chi connectivity index (χ1v) is 12.0. The van der Waals surface area contributed by atoms with Crippen molar-refractivity contribution in [2.75, 3.05) is 0 Å². The molecule has 0 radical (unpaired) electrons. The number of hydroxylamine groups is 1. The Labute approximate surface area is 207 Å². The van der Waals surface area contributed by atoms with Gasteiger partial charge in [-0.3, -0.25) is 20.4 Å². The average molecular weight is 477 g/mol. The topological polar surface area (TPSA) is 103 Å². The summed E-state index contributed by atoms with van der Waals surface area (Å²) in [5, 5.41) is 13.8. The van der Waals surface area contributed by atoms with Crippen molar-refractivity contribution in [1.82, 2.24) is 25.9 Å². The third-order valence-corrected chi connectivity index (χ3v) is 5.92. The van der Waals surface area contributed by atoms with Gasteiger partial charge in [-0.25, -0.2) is 9.98 Å². The smallest absolute Gasteiger partial charge is 0.236 e. The number of carbonyl (C=O) groups is 1. The van der Waals surface area contributed by atoms with Crippen LogP contribution in [0.4, 0.5) is 0 Å². The van der Waals surface area contributed by atoms with Crippen LogP contribution in [0, 0.1) is 5.41 Å². The summed E-state index contributed by atoms with van der Waals surface area (Å²) in [5.74, 6) is 0.506. The molecule has 0 aromatic carbocycles. The fourth-order valence-corrected chi connectivity index (χ4v) is 3.33. The molecule has 0 atom stereocenters. The molecule has 1 amide bonds. The van der Waals surface area contributed by atoms with Crippen LogP contribution in [0.15, 0.2) is 72.4 Å². The van der Waals surface area contributed by atoms with Crippen molar-refractivity contribution < 1.29 is 10.0 Å². The summed E-state index contributed by atoms with van der Waals surface area (Å²) in [7, 11) is 0.